The van der Waals surface area contributed by atoms with E-state index in [9.17, 15) is 8.42 Å². The van der Waals surface area contributed by atoms with Crippen LogP contribution >= 0.6 is 11.3 Å². The van der Waals surface area contributed by atoms with E-state index in [1.165, 1.54) is 12.1 Å². The van der Waals surface area contributed by atoms with Crippen LogP contribution in [0.4, 0.5) is 5.69 Å². The zero-order valence-electron chi connectivity index (χ0n) is 10.5. The van der Waals surface area contributed by atoms with Crippen molar-refractivity contribution >= 4 is 27.0 Å². The molecule has 0 atom stereocenters. The third kappa shape index (κ3) is 3.13. The molecule has 2 rings (SSSR count). The molecule has 2 aromatic rings. The van der Waals surface area contributed by atoms with Gasteiger partial charge in [-0.15, -0.1) is 11.3 Å². The van der Waals surface area contributed by atoms with Crippen molar-refractivity contribution in [2.45, 2.75) is 18.1 Å². The van der Waals surface area contributed by atoms with Crippen LogP contribution in [0.15, 0.2) is 34.5 Å². The molecule has 0 aliphatic rings. The molecule has 0 unspecified atom stereocenters. The Morgan fingerprint density at radius 1 is 1.16 bits per heavy atom. The molecule has 0 radical (unpaired) electrons. The van der Waals surface area contributed by atoms with Crippen LogP contribution in [-0.2, 0) is 10.0 Å². The van der Waals surface area contributed by atoms with Gasteiger partial charge in [0.1, 0.15) is 15.2 Å². The normalized spacial score (nSPS) is 11.0. The SMILES string of the molecule is Cc1cc(C)cc(NS(=O)(=O)c2ccc(C#N)s2)c1. The molecule has 0 aliphatic heterocycles. The molecule has 0 saturated heterocycles. The summed E-state index contributed by atoms with van der Waals surface area (Å²) in [5.41, 5.74) is 2.51. The van der Waals surface area contributed by atoms with Gasteiger partial charge in [0.15, 0.2) is 0 Å². The second-order valence-corrected chi connectivity index (χ2v) is 7.21. The Labute approximate surface area is 116 Å². The van der Waals surface area contributed by atoms with Gasteiger partial charge < -0.3 is 0 Å². The molecule has 0 fully saturated rings. The highest BCUT2D eigenvalue weighted by molar-refractivity contribution is 7.94. The van der Waals surface area contributed by atoms with E-state index in [1.54, 1.807) is 12.1 Å². The lowest BCUT2D eigenvalue weighted by molar-refractivity contribution is 0.603. The Kier molecular flexibility index (Phi) is 3.60. The maximum atomic E-state index is 12.1. The van der Waals surface area contributed by atoms with Crippen LogP contribution in [0.5, 0.6) is 0 Å². The Hall–Kier alpha value is -1.84. The zero-order chi connectivity index (χ0) is 14.0. The van der Waals surface area contributed by atoms with Crippen molar-refractivity contribution in [1.29, 1.82) is 5.26 Å². The van der Waals surface area contributed by atoms with E-state index in [0.717, 1.165) is 22.5 Å². The number of hydrogen-bond acceptors (Lipinski definition) is 4. The highest BCUT2D eigenvalue weighted by Gasteiger charge is 2.17. The standard InChI is InChI=1S/C13H12N2O2S2/c1-9-5-10(2)7-11(6-9)15-19(16,17)13-4-3-12(8-14)18-13/h3-7,15H,1-2H3. The summed E-state index contributed by atoms with van der Waals surface area (Å²) in [6, 6.07) is 10.4. The molecule has 0 aliphatic carbocycles. The average molecular weight is 292 g/mol. The fourth-order valence-electron chi connectivity index (χ4n) is 1.76. The molecule has 19 heavy (non-hydrogen) atoms. The van der Waals surface area contributed by atoms with Crippen LogP contribution in [0.2, 0.25) is 0 Å². The minimum Gasteiger partial charge on any atom is -0.279 e. The van der Waals surface area contributed by atoms with E-state index in [1.807, 2.05) is 26.0 Å². The molecular weight excluding hydrogens is 280 g/mol. The summed E-state index contributed by atoms with van der Waals surface area (Å²) in [5.74, 6) is 0. The molecule has 4 nitrogen and oxygen atoms in total. The molecule has 1 N–H and O–H groups in total. The maximum Gasteiger partial charge on any atom is 0.271 e. The monoisotopic (exact) mass is 292 g/mol. The average Bonchev–Trinajstić information content (AvgIpc) is 2.75. The molecule has 6 heteroatoms. The van der Waals surface area contributed by atoms with Crippen LogP contribution in [-0.4, -0.2) is 8.42 Å². The van der Waals surface area contributed by atoms with E-state index < -0.39 is 10.0 Å². The smallest absolute Gasteiger partial charge is 0.271 e. The molecule has 0 spiro atoms. The second-order valence-electron chi connectivity index (χ2n) is 4.21. The van der Waals surface area contributed by atoms with Crippen molar-refractivity contribution in [3.05, 3.63) is 46.3 Å². The third-order valence-electron chi connectivity index (χ3n) is 2.43. The van der Waals surface area contributed by atoms with E-state index in [0.29, 0.717) is 10.6 Å². The lowest BCUT2D eigenvalue weighted by Gasteiger charge is -2.08. The van der Waals surface area contributed by atoms with Gasteiger partial charge in [-0.1, -0.05) is 6.07 Å². The first kappa shape index (κ1) is 13.6. The van der Waals surface area contributed by atoms with Gasteiger partial charge in [0.2, 0.25) is 0 Å². The summed E-state index contributed by atoms with van der Waals surface area (Å²) in [7, 11) is -3.62. The Bertz CT molecular complexity index is 735. The molecule has 1 aromatic carbocycles. The minimum absolute atomic E-state index is 0.142. The fourth-order valence-corrected chi connectivity index (χ4v) is 3.91. The van der Waals surface area contributed by atoms with Gasteiger partial charge >= 0.3 is 0 Å². The summed E-state index contributed by atoms with van der Waals surface area (Å²) in [6.45, 7) is 3.81. The van der Waals surface area contributed by atoms with Gasteiger partial charge in [-0.3, -0.25) is 4.72 Å². The lowest BCUT2D eigenvalue weighted by atomic mass is 10.1. The van der Waals surface area contributed by atoms with Gasteiger partial charge in [0, 0.05) is 5.69 Å². The fraction of sp³-hybridized carbons (Fsp3) is 0.154. The maximum absolute atomic E-state index is 12.1. The van der Waals surface area contributed by atoms with Gasteiger partial charge in [-0.2, -0.15) is 5.26 Å². The highest BCUT2D eigenvalue weighted by Crippen LogP contribution is 2.24. The zero-order valence-corrected chi connectivity index (χ0v) is 12.1. The number of thiophene rings is 1. The number of nitrogens with zero attached hydrogens (tertiary/aromatic N) is 1. The van der Waals surface area contributed by atoms with Crippen LogP contribution in [0.25, 0.3) is 0 Å². The first-order valence-electron chi connectivity index (χ1n) is 5.52. The summed E-state index contributed by atoms with van der Waals surface area (Å²) in [5, 5.41) is 8.72. The Balaban J connectivity index is 2.33. The number of nitriles is 1. The number of rotatable bonds is 3. The molecule has 98 valence electrons. The molecule has 0 saturated carbocycles. The van der Waals surface area contributed by atoms with E-state index in [2.05, 4.69) is 4.72 Å². The van der Waals surface area contributed by atoms with E-state index in [-0.39, 0.29) is 4.21 Å². The second kappa shape index (κ2) is 5.03. The van der Waals surface area contributed by atoms with Crippen molar-refractivity contribution in [3.8, 4) is 6.07 Å². The highest BCUT2D eigenvalue weighted by atomic mass is 32.2. The van der Waals surface area contributed by atoms with Crippen molar-refractivity contribution in [2.24, 2.45) is 0 Å². The summed E-state index contributed by atoms with van der Waals surface area (Å²) < 4.78 is 27.0. The van der Waals surface area contributed by atoms with E-state index >= 15 is 0 Å². The lowest BCUT2D eigenvalue weighted by Crippen LogP contribution is -2.11. The molecule has 0 bridgehead atoms. The van der Waals surface area contributed by atoms with E-state index in [4.69, 9.17) is 5.26 Å². The Morgan fingerprint density at radius 3 is 2.32 bits per heavy atom. The van der Waals surface area contributed by atoms with Gasteiger partial charge in [0.25, 0.3) is 10.0 Å². The predicted molar refractivity (Wildman–Crippen MR) is 75.8 cm³/mol. The topological polar surface area (TPSA) is 70.0 Å². The van der Waals surface area contributed by atoms with Crippen LogP contribution in [0.1, 0.15) is 16.0 Å². The minimum atomic E-state index is -3.62. The number of aryl methyl sites for hydroxylation is 2. The molecule has 1 aromatic heterocycles. The number of benzene rings is 1. The number of nitrogens with one attached hydrogen (secondary N) is 1. The molecule has 0 amide bonds. The quantitative estimate of drug-likeness (QED) is 0.945. The third-order valence-corrected chi connectivity index (χ3v) is 5.29. The largest absolute Gasteiger partial charge is 0.279 e. The van der Waals surface area contributed by atoms with Gasteiger partial charge in [-0.25, -0.2) is 8.42 Å². The van der Waals surface area contributed by atoms with Crippen LogP contribution in [0, 0.1) is 25.2 Å². The first-order chi connectivity index (χ1) is 8.90. The Morgan fingerprint density at radius 2 is 1.79 bits per heavy atom. The predicted octanol–water partition coefficient (Wildman–Crippen LogP) is 3.04. The van der Waals surface area contributed by atoms with Crippen molar-refractivity contribution in [3.63, 3.8) is 0 Å². The molecule has 1 heterocycles. The van der Waals surface area contributed by atoms with Gasteiger partial charge in [0.05, 0.1) is 0 Å². The van der Waals surface area contributed by atoms with Crippen LogP contribution in [0.3, 0.4) is 0 Å². The van der Waals surface area contributed by atoms with Crippen LogP contribution < -0.4 is 4.72 Å². The van der Waals surface area contributed by atoms with Crippen molar-refractivity contribution < 1.29 is 8.42 Å². The van der Waals surface area contributed by atoms with Crippen molar-refractivity contribution in [2.75, 3.05) is 4.72 Å². The summed E-state index contributed by atoms with van der Waals surface area (Å²) in [4.78, 5) is 0.376. The van der Waals surface area contributed by atoms with Gasteiger partial charge in [-0.05, 0) is 49.2 Å². The number of sulfonamides is 1. The van der Waals surface area contributed by atoms with Crippen molar-refractivity contribution in [1.82, 2.24) is 0 Å². The summed E-state index contributed by atoms with van der Waals surface area (Å²) >= 11 is 0.956. The number of hydrogen-bond donors (Lipinski definition) is 1. The molecular formula is C13H12N2O2S2. The summed E-state index contributed by atoms with van der Waals surface area (Å²) in [6.07, 6.45) is 0. The first-order valence-corrected chi connectivity index (χ1v) is 7.82. The number of anilines is 1.